The van der Waals surface area contributed by atoms with Gasteiger partial charge in [-0.15, -0.1) is 0 Å². The third-order valence-corrected chi connectivity index (χ3v) is 2.82. The first-order chi connectivity index (χ1) is 8.52. The second-order valence-electron chi connectivity index (χ2n) is 4.10. The molecular formula is C13H19NO4. The number of esters is 1. The Balaban J connectivity index is 3.08. The number of carbonyl (C=O) groups excluding carboxylic acids is 2. The number of nitrogens with one attached hydrogen (secondary N) is 1. The van der Waals surface area contributed by atoms with Crippen LogP contribution in [0.3, 0.4) is 0 Å². The van der Waals surface area contributed by atoms with Crippen LogP contribution in [0.25, 0.3) is 0 Å². The minimum absolute atomic E-state index is 0.0388. The number of H-pyrrole nitrogens is 1. The molecule has 0 saturated carbocycles. The lowest BCUT2D eigenvalue weighted by Gasteiger charge is -2.04. The Kier molecular flexibility index (Phi) is 5.09. The lowest BCUT2D eigenvalue weighted by Crippen LogP contribution is -2.12. The zero-order chi connectivity index (χ0) is 13.7. The summed E-state index contributed by atoms with van der Waals surface area (Å²) in [5, 5.41) is 8.75. The molecule has 0 aliphatic rings. The average Bonchev–Trinajstić information content (AvgIpc) is 2.63. The van der Waals surface area contributed by atoms with Crippen molar-refractivity contribution in [2.24, 2.45) is 0 Å². The maximum absolute atomic E-state index is 12.0. The van der Waals surface area contributed by atoms with Gasteiger partial charge in [-0.1, -0.05) is 0 Å². The molecule has 0 aliphatic heterocycles. The van der Waals surface area contributed by atoms with E-state index < -0.39 is 5.97 Å². The number of aryl methyl sites for hydroxylation is 1. The minimum Gasteiger partial charge on any atom is -0.461 e. The Morgan fingerprint density at radius 3 is 2.56 bits per heavy atom. The van der Waals surface area contributed by atoms with Gasteiger partial charge >= 0.3 is 5.97 Å². The van der Waals surface area contributed by atoms with Gasteiger partial charge in [0.2, 0.25) is 0 Å². The molecular weight excluding hydrogens is 234 g/mol. The summed E-state index contributed by atoms with van der Waals surface area (Å²) >= 11 is 0. The monoisotopic (exact) mass is 253 g/mol. The van der Waals surface area contributed by atoms with E-state index in [4.69, 9.17) is 9.84 Å². The van der Waals surface area contributed by atoms with Crippen molar-refractivity contribution in [1.29, 1.82) is 0 Å². The van der Waals surface area contributed by atoms with Crippen molar-refractivity contribution in [2.75, 3.05) is 13.2 Å². The Morgan fingerprint density at radius 2 is 2.00 bits per heavy atom. The van der Waals surface area contributed by atoms with E-state index in [0.29, 0.717) is 12.0 Å². The fourth-order valence-corrected chi connectivity index (χ4v) is 1.79. The zero-order valence-corrected chi connectivity index (χ0v) is 11.0. The highest BCUT2D eigenvalue weighted by atomic mass is 16.5. The summed E-state index contributed by atoms with van der Waals surface area (Å²) in [6.45, 7) is 5.54. The molecule has 0 spiro atoms. The van der Waals surface area contributed by atoms with Gasteiger partial charge in [-0.3, -0.25) is 4.79 Å². The van der Waals surface area contributed by atoms with Gasteiger partial charge in [0.15, 0.2) is 5.78 Å². The van der Waals surface area contributed by atoms with Crippen LogP contribution in [0, 0.1) is 13.8 Å². The van der Waals surface area contributed by atoms with Crippen LogP contribution in [-0.4, -0.2) is 35.1 Å². The summed E-state index contributed by atoms with van der Waals surface area (Å²) in [6, 6.07) is 0. The van der Waals surface area contributed by atoms with E-state index in [-0.39, 0.29) is 31.1 Å². The first kappa shape index (κ1) is 14.4. The van der Waals surface area contributed by atoms with Crippen LogP contribution >= 0.6 is 0 Å². The summed E-state index contributed by atoms with van der Waals surface area (Å²) in [7, 11) is 0. The quantitative estimate of drug-likeness (QED) is 0.598. The second-order valence-corrected chi connectivity index (χ2v) is 4.10. The normalized spacial score (nSPS) is 10.4. The first-order valence-electron chi connectivity index (χ1n) is 6.03. The van der Waals surface area contributed by atoms with Gasteiger partial charge in [0.05, 0.1) is 12.2 Å². The fourth-order valence-electron chi connectivity index (χ4n) is 1.79. The van der Waals surface area contributed by atoms with E-state index in [0.717, 1.165) is 11.3 Å². The zero-order valence-electron chi connectivity index (χ0n) is 11.0. The van der Waals surface area contributed by atoms with Gasteiger partial charge in [-0.25, -0.2) is 4.79 Å². The number of hydrogen-bond donors (Lipinski definition) is 2. The molecule has 0 radical (unpaired) electrons. The van der Waals surface area contributed by atoms with Gasteiger partial charge in [0.25, 0.3) is 0 Å². The molecule has 0 atom stereocenters. The van der Waals surface area contributed by atoms with Gasteiger partial charge in [-0.05, 0) is 32.8 Å². The Hall–Kier alpha value is -1.62. The second kappa shape index (κ2) is 6.35. The van der Waals surface area contributed by atoms with Crippen molar-refractivity contribution in [2.45, 2.75) is 33.6 Å². The van der Waals surface area contributed by atoms with Gasteiger partial charge in [0, 0.05) is 18.7 Å². The number of aliphatic hydroxyl groups excluding tert-OH is 1. The molecule has 100 valence electrons. The van der Waals surface area contributed by atoms with Crippen molar-refractivity contribution >= 4 is 11.8 Å². The minimum atomic E-state index is -0.513. The van der Waals surface area contributed by atoms with E-state index in [1.54, 1.807) is 20.8 Å². The molecule has 1 aromatic heterocycles. The number of aromatic nitrogens is 1. The Bertz CT molecular complexity index is 448. The summed E-state index contributed by atoms with van der Waals surface area (Å²) in [5.74, 6) is -0.657. The SMILES string of the molecule is CCOC(=O)c1[nH]c(C)c(C)c1C(=O)CCCO. The predicted molar refractivity (Wildman–Crippen MR) is 66.9 cm³/mol. The molecule has 0 unspecified atom stereocenters. The number of aromatic amines is 1. The maximum Gasteiger partial charge on any atom is 0.355 e. The molecule has 0 fully saturated rings. The predicted octanol–water partition coefficient (Wildman–Crippen LogP) is 1.76. The number of rotatable bonds is 6. The van der Waals surface area contributed by atoms with E-state index >= 15 is 0 Å². The van der Waals surface area contributed by atoms with Crippen LogP contribution in [0.2, 0.25) is 0 Å². The molecule has 0 saturated heterocycles. The van der Waals surface area contributed by atoms with Crippen molar-refractivity contribution in [1.82, 2.24) is 4.98 Å². The number of ketones is 1. The molecule has 0 aliphatic carbocycles. The largest absolute Gasteiger partial charge is 0.461 e. The smallest absolute Gasteiger partial charge is 0.355 e. The van der Waals surface area contributed by atoms with Gasteiger partial charge in [-0.2, -0.15) is 0 Å². The van der Waals surface area contributed by atoms with E-state index in [9.17, 15) is 9.59 Å². The summed E-state index contributed by atoms with van der Waals surface area (Å²) in [6.07, 6.45) is 0.617. The Morgan fingerprint density at radius 1 is 1.33 bits per heavy atom. The van der Waals surface area contributed by atoms with Gasteiger partial charge in [0.1, 0.15) is 5.69 Å². The molecule has 0 bridgehead atoms. The number of ether oxygens (including phenoxy) is 1. The number of carbonyl (C=O) groups is 2. The molecule has 1 heterocycles. The van der Waals surface area contributed by atoms with Crippen molar-refractivity contribution in [3.8, 4) is 0 Å². The molecule has 0 amide bonds. The van der Waals surface area contributed by atoms with Crippen molar-refractivity contribution in [3.05, 3.63) is 22.5 Å². The van der Waals surface area contributed by atoms with E-state index in [1.807, 2.05) is 0 Å². The van der Waals surface area contributed by atoms with Crippen molar-refractivity contribution < 1.29 is 19.4 Å². The van der Waals surface area contributed by atoms with E-state index in [1.165, 1.54) is 0 Å². The highest BCUT2D eigenvalue weighted by molar-refractivity contribution is 6.06. The third kappa shape index (κ3) is 2.98. The van der Waals surface area contributed by atoms with Crippen LogP contribution in [0.5, 0.6) is 0 Å². The highest BCUT2D eigenvalue weighted by Gasteiger charge is 2.23. The van der Waals surface area contributed by atoms with Crippen molar-refractivity contribution in [3.63, 3.8) is 0 Å². The number of aliphatic hydroxyl groups is 1. The molecule has 1 rings (SSSR count). The number of hydrogen-bond acceptors (Lipinski definition) is 4. The Labute approximate surface area is 106 Å². The highest BCUT2D eigenvalue weighted by Crippen LogP contribution is 2.21. The fraction of sp³-hybridized carbons (Fsp3) is 0.538. The van der Waals surface area contributed by atoms with Gasteiger partial charge < -0.3 is 14.8 Å². The maximum atomic E-state index is 12.0. The van der Waals surface area contributed by atoms with Crippen LogP contribution < -0.4 is 0 Å². The lowest BCUT2D eigenvalue weighted by molar-refractivity contribution is 0.0516. The van der Waals surface area contributed by atoms with Crippen LogP contribution in [0.15, 0.2) is 0 Å². The van der Waals surface area contributed by atoms with Crippen LogP contribution in [0.1, 0.15) is 51.9 Å². The average molecular weight is 253 g/mol. The molecule has 5 nitrogen and oxygen atoms in total. The number of Topliss-reactive ketones (excluding diaryl/α,β-unsaturated/α-hetero) is 1. The summed E-state index contributed by atoms with van der Waals surface area (Å²) in [5.41, 5.74) is 2.15. The van der Waals surface area contributed by atoms with Crippen LogP contribution in [0.4, 0.5) is 0 Å². The lowest BCUT2D eigenvalue weighted by atomic mass is 10.0. The molecule has 0 aromatic carbocycles. The molecule has 1 aromatic rings. The first-order valence-corrected chi connectivity index (χ1v) is 6.03. The van der Waals surface area contributed by atoms with Crippen LogP contribution in [-0.2, 0) is 4.74 Å². The third-order valence-electron chi connectivity index (χ3n) is 2.82. The van der Waals surface area contributed by atoms with E-state index in [2.05, 4.69) is 4.98 Å². The summed E-state index contributed by atoms with van der Waals surface area (Å²) in [4.78, 5) is 26.7. The molecule has 18 heavy (non-hydrogen) atoms. The standard InChI is InChI=1S/C13H19NO4/c1-4-18-13(17)12-11(8(2)9(3)14-12)10(16)6-5-7-15/h14-15H,4-7H2,1-3H3. The summed E-state index contributed by atoms with van der Waals surface area (Å²) < 4.78 is 4.92. The molecule has 2 N–H and O–H groups in total. The topological polar surface area (TPSA) is 79.4 Å². The molecule has 5 heteroatoms.